The average Bonchev–Trinajstić information content (AvgIpc) is 2.29. The number of allylic oxidation sites excluding steroid dienone is 2. The van der Waals surface area contributed by atoms with Gasteiger partial charge >= 0.3 is 0 Å². The van der Waals surface area contributed by atoms with E-state index >= 15 is 0 Å². The van der Waals surface area contributed by atoms with Gasteiger partial charge in [0.1, 0.15) is 5.82 Å². The van der Waals surface area contributed by atoms with E-state index < -0.39 is 0 Å². The van der Waals surface area contributed by atoms with Gasteiger partial charge in [-0.25, -0.2) is 4.99 Å². The summed E-state index contributed by atoms with van der Waals surface area (Å²) >= 11 is 0. The molecule has 1 aliphatic rings. The second-order valence-electron chi connectivity index (χ2n) is 4.09. The molecule has 1 saturated carbocycles. The second-order valence-corrected chi connectivity index (χ2v) is 4.09. The van der Waals surface area contributed by atoms with Crippen molar-refractivity contribution in [2.75, 3.05) is 27.4 Å². The van der Waals surface area contributed by atoms with E-state index in [9.17, 15) is 0 Å². The summed E-state index contributed by atoms with van der Waals surface area (Å²) < 4.78 is 10.4. The van der Waals surface area contributed by atoms with Crippen LogP contribution in [0.15, 0.2) is 29.5 Å². The molecule has 0 aromatic carbocycles. The minimum absolute atomic E-state index is 0.375. The van der Waals surface area contributed by atoms with Gasteiger partial charge in [-0.1, -0.05) is 12.7 Å². The van der Waals surface area contributed by atoms with Gasteiger partial charge in [0, 0.05) is 26.8 Å². The summed E-state index contributed by atoms with van der Waals surface area (Å²) in [4.78, 5) is 6.27. The smallest absolute Gasteiger partial charge is 0.128 e. The molecule has 4 heteroatoms. The summed E-state index contributed by atoms with van der Waals surface area (Å²) in [7, 11) is 3.46. The van der Waals surface area contributed by atoms with E-state index in [0.29, 0.717) is 18.8 Å². The van der Waals surface area contributed by atoms with Crippen molar-refractivity contribution in [3.05, 3.63) is 24.6 Å². The summed E-state index contributed by atoms with van der Waals surface area (Å²) in [6.45, 7) is 8.80. The quantitative estimate of drug-likeness (QED) is 0.478. The minimum atomic E-state index is 0.375. The molecule has 0 saturated heterocycles. The first-order valence-corrected chi connectivity index (χ1v) is 5.84. The lowest BCUT2D eigenvalue weighted by Crippen LogP contribution is -2.48. The number of hydrogen-bond acceptors (Lipinski definition) is 4. The van der Waals surface area contributed by atoms with Crippen LogP contribution in [0.25, 0.3) is 0 Å². The van der Waals surface area contributed by atoms with Gasteiger partial charge in [-0.2, -0.15) is 0 Å². The van der Waals surface area contributed by atoms with Crippen molar-refractivity contribution in [2.45, 2.75) is 25.0 Å². The fraction of sp³-hybridized carbons (Fsp3) is 0.615. The number of ether oxygens (including phenoxy) is 2. The fourth-order valence-electron chi connectivity index (χ4n) is 2.00. The molecule has 0 atom stereocenters. The molecule has 1 rings (SSSR count). The Kier molecular flexibility index (Phi) is 5.94. The third-order valence-corrected chi connectivity index (χ3v) is 3.10. The van der Waals surface area contributed by atoms with E-state index in [0.717, 1.165) is 25.2 Å². The van der Waals surface area contributed by atoms with Crippen LogP contribution < -0.4 is 0 Å². The highest BCUT2D eigenvalue weighted by molar-refractivity contribution is 5.30. The van der Waals surface area contributed by atoms with Crippen LogP contribution >= 0.6 is 0 Å². The molecule has 0 bridgehead atoms. The molecule has 17 heavy (non-hydrogen) atoms. The van der Waals surface area contributed by atoms with Gasteiger partial charge in [0.25, 0.3) is 0 Å². The lowest BCUT2D eigenvalue weighted by Gasteiger charge is -2.43. The number of nitrogens with zero attached hydrogens (tertiary/aromatic N) is 2. The zero-order chi connectivity index (χ0) is 12.7. The predicted molar refractivity (Wildman–Crippen MR) is 70.2 cm³/mol. The monoisotopic (exact) mass is 238 g/mol. The van der Waals surface area contributed by atoms with Crippen LogP contribution in [0.2, 0.25) is 0 Å². The number of rotatable bonds is 8. The first-order chi connectivity index (χ1) is 8.26. The number of aliphatic imine (C=N–C) groups is 1. The maximum Gasteiger partial charge on any atom is 0.128 e. The standard InChI is InChI=1S/C13H22N2O2/c1-5-6-13(14-2)15(7-8-16-3)11-9-12(10-11)17-4/h5-6,11-12H,1-2,7-10H2,3-4H3/b13-6+. The molecule has 0 unspecified atom stereocenters. The van der Waals surface area contributed by atoms with E-state index in [-0.39, 0.29) is 0 Å². The molecule has 4 nitrogen and oxygen atoms in total. The summed E-state index contributed by atoms with van der Waals surface area (Å²) in [5.74, 6) is 0.858. The molecule has 0 radical (unpaired) electrons. The van der Waals surface area contributed by atoms with Crippen molar-refractivity contribution in [3.63, 3.8) is 0 Å². The number of methoxy groups -OCH3 is 2. The van der Waals surface area contributed by atoms with Crippen molar-refractivity contribution >= 4 is 6.72 Å². The van der Waals surface area contributed by atoms with Crippen LogP contribution in [0.1, 0.15) is 12.8 Å². The van der Waals surface area contributed by atoms with Gasteiger partial charge in [0.2, 0.25) is 0 Å². The van der Waals surface area contributed by atoms with Crippen molar-refractivity contribution in [3.8, 4) is 0 Å². The molecule has 0 heterocycles. The highest BCUT2D eigenvalue weighted by atomic mass is 16.5. The molecule has 0 aromatic heterocycles. The third-order valence-electron chi connectivity index (χ3n) is 3.10. The summed E-state index contributed by atoms with van der Waals surface area (Å²) in [6, 6.07) is 0.465. The zero-order valence-corrected chi connectivity index (χ0v) is 10.8. The average molecular weight is 238 g/mol. The van der Waals surface area contributed by atoms with E-state index in [1.807, 2.05) is 6.08 Å². The SMILES string of the molecule is C=C/C=C(\N=C)N(CCOC)C1CC(OC)C1. The van der Waals surface area contributed by atoms with Crippen molar-refractivity contribution < 1.29 is 9.47 Å². The highest BCUT2D eigenvalue weighted by Crippen LogP contribution is 2.30. The van der Waals surface area contributed by atoms with Crippen LogP contribution in [0.3, 0.4) is 0 Å². The maximum absolute atomic E-state index is 5.30. The predicted octanol–water partition coefficient (Wildman–Crippen LogP) is 1.84. The largest absolute Gasteiger partial charge is 0.383 e. The van der Waals surface area contributed by atoms with Gasteiger partial charge in [-0.15, -0.1) is 0 Å². The van der Waals surface area contributed by atoms with Crippen LogP contribution in [-0.4, -0.2) is 51.1 Å². The maximum atomic E-state index is 5.30. The van der Waals surface area contributed by atoms with Crippen LogP contribution in [0.4, 0.5) is 0 Å². The Labute approximate surface area is 104 Å². The Hall–Kier alpha value is -1.13. The lowest BCUT2D eigenvalue weighted by molar-refractivity contribution is -0.0218. The van der Waals surface area contributed by atoms with Crippen LogP contribution in [-0.2, 0) is 9.47 Å². The Morgan fingerprint density at radius 2 is 2.18 bits per heavy atom. The van der Waals surface area contributed by atoms with Gasteiger partial charge < -0.3 is 14.4 Å². The molecule has 1 fully saturated rings. The molecule has 0 N–H and O–H groups in total. The first-order valence-electron chi connectivity index (χ1n) is 5.84. The zero-order valence-electron chi connectivity index (χ0n) is 10.8. The third kappa shape index (κ3) is 3.68. The van der Waals surface area contributed by atoms with E-state index in [2.05, 4.69) is 23.2 Å². The van der Waals surface area contributed by atoms with Gasteiger partial charge in [-0.3, -0.25) is 0 Å². The number of hydrogen-bond donors (Lipinski definition) is 0. The van der Waals surface area contributed by atoms with Gasteiger partial charge in [0.15, 0.2) is 0 Å². The Balaban J connectivity index is 2.63. The molecule has 0 aliphatic heterocycles. The second kappa shape index (κ2) is 7.25. The van der Waals surface area contributed by atoms with E-state index in [1.165, 1.54) is 0 Å². The van der Waals surface area contributed by atoms with E-state index in [1.54, 1.807) is 20.3 Å². The molecule has 0 aromatic rings. The highest BCUT2D eigenvalue weighted by Gasteiger charge is 2.34. The van der Waals surface area contributed by atoms with Crippen LogP contribution in [0, 0.1) is 0 Å². The van der Waals surface area contributed by atoms with Crippen molar-refractivity contribution in [1.82, 2.24) is 4.90 Å². The molecule has 0 amide bonds. The molecular weight excluding hydrogens is 216 g/mol. The molecule has 96 valence electrons. The van der Waals surface area contributed by atoms with Gasteiger partial charge in [0.05, 0.1) is 12.7 Å². The normalized spacial score (nSPS) is 24.0. The Morgan fingerprint density at radius 3 is 2.65 bits per heavy atom. The molecule has 1 aliphatic carbocycles. The summed E-state index contributed by atoms with van der Waals surface area (Å²) in [6.07, 6.45) is 6.05. The Morgan fingerprint density at radius 1 is 1.47 bits per heavy atom. The molecular formula is C13H22N2O2. The first kappa shape index (κ1) is 13.9. The topological polar surface area (TPSA) is 34.1 Å². The van der Waals surface area contributed by atoms with Crippen molar-refractivity contribution in [2.24, 2.45) is 4.99 Å². The van der Waals surface area contributed by atoms with Crippen molar-refractivity contribution in [1.29, 1.82) is 0 Å². The summed E-state index contributed by atoms with van der Waals surface area (Å²) in [5.41, 5.74) is 0. The molecule has 0 spiro atoms. The van der Waals surface area contributed by atoms with Gasteiger partial charge in [-0.05, 0) is 25.6 Å². The fourth-order valence-corrected chi connectivity index (χ4v) is 2.00. The summed E-state index contributed by atoms with van der Waals surface area (Å²) in [5, 5.41) is 0. The minimum Gasteiger partial charge on any atom is -0.383 e. The lowest BCUT2D eigenvalue weighted by atomic mass is 9.87. The van der Waals surface area contributed by atoms with E-state index in [4.69, 9.17) is 9.47 Å². The van der Waals surface area contributed by atoms with Crippen LogP contribution in [0.5, 0.6) is 0 Å². The Bertz CT molecular complexity index is 283.